The van der Waals surface area contributed by atoms with E-state index in [1.807, 2.05) is 0 Å². The summed E-state index contributed by atoms with van der Waals surface area (Å²) in [7, 11) is -4.40. The van der Waals surface area contributed by atoms with Gasteiger partial charge < -0.3 is 5.73 Å². The van der Waals surface area contributed by atoms with Gasteiger partial charge in [0.05, 0.1) is 9.37 Å². The topological polar surface area (TPSA) is 72.2 Å². The van der Waals surface area contributed by atoms with Gasteiger partial charge in [-0.2, -0.15) is 17.9 Å². The molecule has 0 atom stereocenters. The second-order valence-corrected chi connectivity index (χ2v) is 7.37. The smallest absolute Gasteiger partial charge is 0.398 e. The fraction of sp³-hybridized carbons (Fsp3) is 0.400. The number of hydrogen-bond donors (Lipinski definition) is 2. The molecule has 4 nitrogen and oxygen atoms in total. The molecule has 3 N–H and O–H groups in total. The molecule has 0 amide bonds. The van der Waals surface area contributed by atoms with Crippen LogP contribution in [0.15, 0.2) is 21.5 Å². The Hall–Kier alpha value is -0.510. The second-order valence-electron chi connectivity index (χ2n) is 4.49. The maximum atomic E-state index is 12.8. The van der Waals surface area contributed by atoms with Crippen molar-refractivity contribution in [2.45, 2.75) is 29.5 Å². The Morgan fingerprint density at radius 3 is 2.35 bits per heavy atom. The van der Waals surface area contributed by atoms with Crippen LogP contribution >= 0.6 is 27.5 Å². The summed E-state index contributed by atoms with van der Waals surface area (Å²) in [5.74, 6) is 0. The predicted octanol–water partition coefficient (Wildman–Crippen LogP) is 3.06. The van der Waals surface area contributed by atoms with Crippen molar-refractivity contribution >= 4 is 43.2 Å². The number of nitrogens with two attached hydrogens (primary N) is 1. The summed E-state index contributed by atoms with van der Waals surface area (Å²) in [6, 6.07) is 2.33. The molecule has 1 fully saturated rings. The molecule has 0 unspecified atom stereocenters. The van der Waals surface area contributed by atoms with Crippen LogP contribution in [0.3, 0.4) is 0 Å². The summed E-state index contributed by atoms with van der Waals surface area (Å²) in [6.07, 6.45) is -5.22. The molecular formula is C10H9BrClF3N2O2S. The highest BCUT2D eigenvalue weighted by Crippen LogP contribution is 2.50. The van der Waals surface area contributed by atoms with Gasteiger partial charge in [0.25, 0.3) is 0 Å². The summed E-state index contributed by atoms with van der Waals surface area (Å²) < 4.78 is 64.3. The average Bonchev–Trinajstić information content (AvgIpc) is 3.02. The lowest BCUT2D eigenvalue weighted by Crippen LogP contribution is -2.47. The van der Waals surface area contributed by atoms with Gasteiger partial charge in [0.2, 0.25) is 10.0 Å². The first-order valence-corrected chi connectivity index (χ1v) is 7.99. The first kappa shape index (κ1) is 15.9. The maximum absolute atomic E-state index is 12.8. The van der Waals surface area contributed by atoms with E-state index in [1.165, 1.54) is 6.07 Å². The van der Waals surface area contributed by atoms with E-state index in [4.69, 9.17) is 17.3 Å². The van der Waals surface area contributed by atoms with Gasteiger partial charge in [-0.05, 0) is 40.9 Å². The Kier molecular flexibility index (Phi) is 3.77. The van der Waals surface area contributed by atoms with Crippen molar-refractivity contribution in [2.75, 3.05) is 5.73 Å². The molecule has 0 radical (unpaired) electrons. The van der Waals surface area contributed by atoms with E-state index in [9.17, 15) is 21.6 Å². The van der Waals surface area contributed by atoms with Crippen LogP contribution in [0.1, 0.15) is 12.8 Å². The molecule has 1 aromatic carbocycles. The second kappa shape index (κ2) is 4.75. The fourth-order valence-electron chi connectivity index (χ4n) is 1.66. The largest absolute Gasteiger partial charge is 0.407 e. The number of anilines is 1. The van der Waals surface area contributed by atoms with Gasteiger partial charge in [0.15, 0.2) is 0 Å². The number of nitrogens with one attached hydrogen (secondary N) is 1. The number of nitrogen functional groups attached to an aromatic ring is 1. The minimum Gasteiger partial charge on any atom is -0.398 e. The zero-order valence-electron chi connectivity index (χ0n) is 9.76. The van der Waals surface area contributed by atoms with Crippen LogP contribution in [0.4, 0.5) is 18.9 Å². The number of benzene rings is 1. The van der Waals surface area contributed by atoms with Gasteiger partial charge in [-0.1, -0.05) is 11.6 Å². The number of sulfonamides is 1. The molecule has 112 valence electrons. The third-order valence-electron chi connectivity index (χ3n) is 2.94. The first-order valence-electron chi connectivity index (χ1n) is 5.34. The van der Waals surface area contributed by atoms with E-state index in [2.05, 4.69) is 15.9 Å². The highest BCUT2D eigenvalue weighted by molar-refractivity contribution is 9.10. The van der Waals surface area contributed by atoms with Gasteiger partial charge >= 0.3 is 6.18 Å². The molecular weight excluding hydrogens is 385 g/mol. The number of hydrogen-bond acceptors (Lipinski definition) is 3. The van der Waals surface area contributed by atoms with Gasteiger partial charge in [-0.15, -0.1) is 0 Å². The van der Waals surface area contributed by atoms with Crippen molar-refractivity contribution in [3.8, 4) is 0 Å². The maximum Gasteiger partial charge on any atom is 0.407 e. The van der Waals surface area contributed by atoms with Crippen molar-refractivity contribution < 1.29 is 21.6 Å². The van der Waals surface area contributed by atoms with E-state index in [0.717, 1.165) is 6.07 Å². The van der Waals surface area contributed by atoms with Crippen LogP contribution in [0.2, 0.25) is 5.02 Å². The molecule has 0 spiro atoms. The van der Waals surface area contributed by atoms with Crippen LogP contribution in [0.25, 0.3) is 0 Å². The molecule has 10 heteroatoms. The number of halogens is 5. The average molecular weight is 394 g/mol. The molecule has 2 rings (SSSR count). The molecule has 1 aromatic rings. The molecule has 0 aliphatic heterocycles. The summed E-state index contributed by atoms with van der Waals surface area (Å²) in [5, 5.41) is 0.0166. The molecule has 0 bridgehead atoms. The predicted molar refractivity (Wildman–Crippen MR) is 71.9 cm³/mol. The van der Waals surface area contributed by atoms with Crippen molar-refractivity contribution in [3.63, 3.8) is 0 Å². The van der Waals surface area contributed by atoms with E-state index in [0.29, 0.717) is 0 Å². The van der Waals surface area contributed by atoms with Gasteiger partial charge in [0.1, 0.15) is 5.54 Å². The Labute approximate surface area is 126 Å². The molecule has 1 aliphatic rings. The molecule has 0 saturated heterocycles. The normalized spacial score (nSPS) is 18.1. The quantitative estimate of drug-likeness (QED) is 0.775. The van der Waals surface area contributed by atoms with Gasteiger partial charge in [-0.25, -0.2) is 8.42 Å². The molecule has 0 aromatic heterocycles. The van der Waals surface area contributed by atoms with E-state index in [1.54, 1.807) is 4.72 Å². The van der Waals surface area contributed by atoms with Crippen LogP contribution in [-0.2, 0) is 10.0 Å². The lowest BCUT2D eigenvalue weighted by molar-refractivity contribution is -0.160. The van der Waals surface area contributed by atoms with E-state index in [-0.39, 0.29) is 28.0 Å². The van der Waals surface area contributed by atoms with Crippen LogP contribution < -0.4 is 10.5 Å². The zero-order valence-corrected chi connectivity index (χ0v) is 12.9. The molecule has 1 aliphatic carbocycles. The van der Waals surface area contributed by atoms with Crippen molar-refractivity contribution in [1.82, 2.24) is 4.72 Å². The van der Waals surface area contributed by atoms with Crippen molar-refractivity contribution in [3.05, 3.63) is 21.6 Å². The Bertz CT molecular complexity index is 659. The van der Waals surface area contributed by atoms with Gasteiger partial charge in [0, 0.05) is 10.7 Å². The summed E-state index contributed by atoms with van der Waals surface area (Å²) in [5.41, 5.74) is 3.17. The van der Waals surface area contributed by atoms with Crippen LogP contribution in [-0.4, -0.2) is 20.1 Å². The van der Waals surface area contributed by atoms with Gasteiger partial charge in [-0.3, -0.25) is 0 Å². The van der Waals surface area contributed by atoms with Crippen molar-refractivity contribution in [1.29, 1.82) is 0 Å². The zero-order chi connectivity index (χ0) is 15.3. The van der Waals surface area contributed by atoms with E-state index < -0.39 is 26.6 Å². The third kappa shape index (κ3) is 2.76. The van der Waals surface area contributed by atoms with E-state index >= 15 is 0 Å². The minimum atomic E-state index is -4.64. The summed E-state index contributed by atoms with van der Waals surface area (Å²) in [4.78, 5) is -0.418. The van der Waals surface area contributed by atoms with Crippen LogP contribution in [0.5, 0.6) is 0 Å². The summed E-state index contributed by atoms with van der Waals surface area (Å²) >= 11 is 8.63. The van der Waals surface area contributed by atoms with Crippen LogP contribution in [0, 0.1) is 0 Å². The molecule has 0 heterocycles. The highest BCUT2D eigenvalue weighted by Gasteiger charge is 2.65. The Morgan fingerprint density at radius 1 is 1.35 bits per heavy atom. The molecule has 20 heavy (non-hydrogen) atoms. The number of alkyl halides is 3. The monoisotopic (exact) mass is 392 g/mol. The SMILES string of the molecule is Nc1cc(Cl)cc(S(=O)(=O)NC2(C(F)(F)F)CC2)c1Br. The third-order valence-corrected chi connectivity index (χ3v) is 5.87. The lowest BCUT2D eigenvalue weighted by atomic mass is 10.3. The minimum absolute atomic E-state index is 0.0166. The lowest BCUT2D eigenvalue weighted by Gasteiger charge is -2.21. The molecule has 1 saturated carbocycles. The Morgan fingerprint density at radius 2 is 1.90 bits per heavy atom. The highest BCUT2D eigenvalue weighted by atomic mass is 79.9. The summed E-state index contributed by atoms with van der Waals surface area (Å²) in [6.45, 7) is 0. The first-order chi connectivity index (χ1) is 8.98. The number of rotatable bonds is 3. The fourth-order valence-corrected chi connectivity index (χ4v) is 4.40. The van der Waals surface area contributed by atoms with Crippen molar-refractivity contribution in [2.24, 2.45) is 0 Å². The Balaban J connectivity index is 2.43. The standard InChI is InChI=1S/C10H9BrClF3N2O2S/c11-8-6(16)3-5(12)4-7(8)20(18,19)17-9(1-2-9)10(13,14)15/h3-4,17H,1-2,16H2.